The summed E-state index contributed by atoms with van der Waals surface area (Å²) in [4.78, 5) is 4.44. The lowest BCUT2D eigenvalue weighted by Gasteiger charge is -2.21. The first-order valence-electron chi connectivity index (χ1n) is 6.99. The topological polar surface area (TPSA) is 51.0 Å². The van der Waals surface area contributed by atoms with Gasteiger partial charge in [0.1, 0.15) is 0 Å². The Balaban J connectivity index is 1.38. The third kappa shape index (κ3) is 2.32. The fourth-order valence-corrected chi connectivity index (χ4v) is 3.84. The number of thiophene rings is 1. The van der Waals surface area contributed by atoms with Crippen LogP contribution in [0.15, 0.2) is 21.3 Å². The lowest BCUT2D eigenvalue weighted by Crippen LogP contribution is -2.33. The van der Waals surface area contributed by atoms with Crippen LogP contribution in [0.4, 0.5) is 0 Å². The predicted octanol–water partition coefficient (Wildman–Crippen LogP) is 3.08. The van der Waals surface area contributed by atoms with Gasteiger partial charge in [0.15, 0.2) is 5.82 Å². The van der Waals surface area contributed by atoms with Crippen molar-refractivity contribution in [3.05, 3.63) is 22.7 Å². The maximum atomic E-state index is 5.29. The Hall–Kier alpha value is -1.20. The SMILES string of the molecule is c1cc(-c2nc(CNC3CCCC4CC43)no2)cs1. The monoisotopic (exact) mass is 275 g/mol. The highest BCUT2D eigenvalue weighted by atomic mass is 32.1. The van der Waals surface area contributed by atoms with Gasteiger partial charge in [-0.3, -0.25) is 0 Å². The molecule has 0 bridgehead atoms. The second-order valence-corrected chi connectivity index (χ2v) is 6.39. The summed E-state index contributed by atoms with van der Waals surface area (Å²) >= 11 is 1.64. The first kappa shape index (κ1) is 11.6. The number of rotatable bonds is 4. The van der Waals surface area contributed by atoms with Gasteiger partial charge in [-0.15, -0.1) is 0 Å². The molecule has 0 aromatic carbocycles. The number of aromatic nitrogens is 2. The molecule has 19 heavy (non-hydrogen) atoms. The van der Waals surface area contributed by atoms with Crippen molar-refractivity contribution in [2.75, 3.05) is 0 Å². The zero-order valence-corrected chi connectivity index (χ0v) is 11.5. The molecule has 2 heterocycles. The minimum Gasteiger partial charge on any atom is -0.334 e. The van der Waals surface area contributed by atoms with E-state index in [-0.39, 0.29) is 0 Å². The number of hydrogen-bond acceptors (Lipinski definition) is 5. The molecule has 2 aromatic heterocycles. The molecule has 0 saturated heterocycles. The molecule has 3 atom stereocenters. The molecule has 100 valence electrons. The van der Waals surface area contributed by atoms with Crippen LogP contribution in [-0.4, -0.2) is 16.2 Å². The zero-order chi connectivity index (χ0) is 12.7. The molecular weight excluding hydrogens is 258 g/mol. The molecular formula is C14H17N3OS. The first-order chi connectivity index (χ1) is 9.40. The van der Waals surface area contributed by atoms with E-state index in [0.717, 1.165) is 29.8 Å². The van der Waals surface area contributed by atoms with Crippen LogP contribution in [0, 0.1) is 11.8 Å². The second-order valence-electron chi connectivity index (χ2n) is 5.61. The zero-order valence-electron chi connectivity index (χ0n) is 10.7. The van der Waals surface area contributed by atoms with Crippen molar-refractivity contribution >= 4 is 11.3 Å². The number of nitrogens with one attached hydrogen (secondary N) is 1. The maximum absolute atomic E-state index is 5.29. The summed E-state index contributed by atoms with van der Waals surface area (Å²) < 4.78 is 5.29. The quantitative estimate of drug-likeness (QED) is 0.931. The van der Waals surface area contributed by atoms with Crippen molar-refractivity contribution in [1.82, 2.24) is 15.5 Å². The van der Waals surface area contributed by atoms with E-state index in [1.807, 2.05) is 16.8 Å². The van der Waals surface area contributed by atoms with Gasteiger partial charge in [0.2, 0.25) is 0 Å². The third-order valence-corrected chi connectivity index (χ3v) is 5.03. The van der Waals surface area contributed by atoms with Gasteiger partial charge in [0.05, 0.1) is 12.1 Å². The second kappa shape index (κ2) is 4.72. The molecule has 2 saturated carbocycles. The Bertz CT molecular complexity index is 551. The van der Waals surface area contributed by atoms with E-state index in [2.05, 4.69) is 15.5 Å². The average Bonchev–Trinajstić information content (AvgIpc) is 2.87. The van der Waals surface area contributed by atoms with Gasteiger partial charge < -0.3 is 9.84 Å². The predicted molar refractivity (Wildman–Crippen MR) is 73.7 cm³/mol. The van der Waals surface area contributed by atoms with Gasteiger partial charge in [-0.1, -0.05) is 18.0 Å². The van der Waals surface area contributed by atoms with Crippen LogP contribution in [0.1, 0.15) is 31.5 Å². The number of hydrogen-bond donors (Lipinski definition) is 1. The van der Waals surface area contributed by atoms with E-state index < -0.39 is 0 Å². The van der Waals surface area contributed by atoms with Crippen LogP contribution in [-0.2, 0) is 6.54 Å². The molecule has 1 N–H and O–H groups in total. The van der Waals surface area contributed by atoms with Crippen LogP contribution in [0.5, 0.6) is 0 Å². The molecule has 3 unspecified atom stereocenters. The van der Waals surface area contributed by atoms with Gasteiger partial charge >= 0.3 is 0 Å². The highest BCUT2D eigenvalue weighted by Gasteiger charge is 2.44. The lowest BCUT2D eigenvalue weighted by molar-refractivity contribution is 0.345. The largest absolute Gasteiger partial charge is 0.334 e. The molecule has 2 aromatic rings. The summed E-state index contributed by atoms with van der Waals surface area (Å²) in [5, 5.41) is 11.7. The minimum absolute atomic E-state index is 0.631. The summed E-state index contributed by atoms with van der Waals surface area (Å²) in [6.07, 6.45) is 5.53. The Morgan fingerprint density at radius 1 is 1.42 bits per heavy atom. The smallest absolute Gasteiger partial charge is 0.258 e. The summed E-state index contributed by atoms with van der Waals surface area (Å²) in [6.45, 7) is 0.724. The van der Waals surface area contributed by atoms with Crippen molar-refractivity contribution in [1.29, 1.82) is 0 Å². The molecule has 2 aliphatic rings. The van der Waals surface area contributed by atoms with Gasteiger partial charge in [0.25, 0.3) is 5.89 Å². The molecule has 2 fully saturated rings. The van der Waals surface area contributed by atoms with Crippen molar-refractivity contribution in [2.45, 2.75) is 38.3 Å². The standard InChI is InChI=1S/C14H17N3OS/c1-2-9-6-11(9)12(3-1)15-7-13-16-14(18-17-13)10-4-5-19-8-10/h4-5,8-9,11-12,15H,1-3,6-7H2. The molecule has 0 spiro atoms. The number of nitrogens with zero attached hydrogens (tertiary/aromatic N) is 2. The summed E-state index contributed by atoms with van der Waals surface area (Å²) in [5.41, 5.74) is 1.02. The summed E-state index contributed by atoms with van der Waals surface area (Å²) in [6, 6.07) is 2.67. The van der Waals surface area contributed by atoms with Crippen LogP contribution in [0.25, 0.3) is 11.5 Å². The van der Waals surface area contributed by atoms with Crippen molar-refractivity contribution in [3.8, 4) is 11.5 Å². The highest BCUT2D eigenvalue weighted by Crippen LogP contribution is 2.49. The minimum atomic E-state index is 0.631. The molecule has 0 radical (unpaired) electrons. The van der Waals surface area contributed by atoms with E-state index in [0.29, 0.717) is 11.9 Å². The molecule has 2 aliphatic carbocycles. The maximum Gasteiger partial charge on any atom is 0.258 e. The van der Waals surface area contributed by atoms with E-state index in [9.17, 15) is 0 Å². The van der Waals surface area contributed by atoms with Crippen molar-refractivity contribution in [3.63, 3.8) is 0 Å². The van der Waals surface area contributed by atoms with Gasteiger partial charge in [0, 0.05) is 11.4 Å². The average molecular weight is 275 g/mol. The van der Waals surface area contributed by atoms with E-state index in [4.69, 9.17) is 4.52 Å². The normalized spacial score (nSPS) is 29.2. The molecule has 4 nitrogen and oxygen atoms in total. The molecule has 5 heteroatoms. The lowest BCUT2D eigenvalue weighted by atomic mass is 9.95. The molecule has 0 amide bonds. The highest BCUT2D eigenvalue weighted by molar-refractivity contribution is 7.08. The van der Waals surface area contributed by atoms with Crippen molar-refractivity contribution < 1.29 is 4.52 Å². The Morgan fingerprint density at radius 2 is 2.42 bits per heavy atom. The third-order valence-electron chi connectivity index (χ3n) is 4.34. The fraction of sp³-hybridized carbons (Fsp3) is 0.571. The Labute approximate surface area is 116 Å². The van der Waals surface area contributed by atoms with Crippen LogP contribution >= 0.6 is 11.3 Å². The van der Waals surface area contributed by atoms with Crippen LogP contribution in [0.2, 0.25) is 0 Å². The van der Waals surface area contributed by atoms with Gasteiger partial charge in [-0.25, -0.2) is 0 Å². The summed E-state index contributed by atoms with van der Waals surface area (Å²) in [7, 11) is 0. The fourth-order valence-electron chi connectivity index (χ4n) is 3.21. The van der Waals surface area contributed by atoms with Gasteiger partial charge in [-0.2, -0.15) is 16.3 Å². The number of fused-ring (bicyclic) bond motifs is 1. The van der Waals surface area contributed by atoms with Crippen LogP contribution in [0.3, 0.4) is 0 Å². The first-order valence-corrected chi connectivity index (χ1v) is 7.93. The van der Waals surface area contributed by atoms with Crippen molar-refractivity contribution in [2.24, 2.45) is 11.8 Å². The Morgan fingerprint density at radius 3 is 3.32 bits per heavy atom. The van der Waals surface area contributed by atoms with E-state index in [1.54, 1.807) is 11.3 Å². The van der Waals surface area contributed by atoms with E-state index >= 15 is 0 Å². The van der Waals surface area contributed by atoms with Gasteiger partial charge in [-0.05, 0) is 36.1 Å². The summed E-state index contributed by atoms with van der Waals surface area (Å²) in [5.74, 6) is 3.31. The molecule has 0 aliphatic heterocycles. The Kier molecular flexibility index (Phi) is 2.89. The molecule has 4 rings (SSSR count). The van der Waals surface area contributed by atoms with Crippen LogP contribution < -0.4 is 5.32 Å². The van der Waals surface area contributed by atoms with E-state index in [1.165, 1.54) is 25.7 Å².